The first-order valence-corrected chi connectivity index (χ1v) is 7.11. The van der Waals surface area contributed by atoms with Crippen LogP contribution in [0.4, 0.5) is 0 Å². The molecule has 0 aliphatic carbocycles. The van der Waals surface area contributed by atoms with Crippen LogP contribution in [0.3, 0.4) is 0 Å². The van der Waals surface area contributed by atoms with E-state index in [-0.39, 0.29) is 6.10 Å². The van der Waals surface area contributed by atoms with Crippen molar-refractivity contribution < 1.29 is 4.74 Å². The summed E-state index contributed by atoms with van der Waals surface area (Å²) in [4.78, 5) is 3.80. The third-order valence-corrected chi connectivity index (χ3v) is 3.44. The van der Waals surface area contributed by atoms with Crippen molar-refractivity contribution in [2.45, 2.75) is 6.10 Å². The van der Waals surface area contributed by atoms with Gasteiger partial charge in [0, 0.05) is 19.6 Å². The fourth-order valence-electron chi connectivity index (χ4n) is 2.35. The van der Waals surface area contributed by atoms with Gasteiger partial charge in [0.05, 0.1) is 13.7 Å². The van der Waals surface area contributed by atoms with Gasteiger partial charge >= 0.3 is 0 Å². The first-order valence-electron chi connectivity index (χ1n) is 7.11. The number of benzene rings is 1. The molecule has 0 spiro atoms. The Morgan fingerprint density at radius 2 is 2.19 bits per heavy atom. The predicted octanol–water partition coefficient (Wildman–Crippen LogP) is 1.30. The molecule has 1 aliphatic heterocycles. The lowest BCUT2D eigenvalue weighted by molar-refractivity contribution is -0.0305. The summed E-state index contributed by atoms with van der Waals surface area (Å²) in [5, 5.41) is 12.1. The largest absolute Gasteiger partial charge is 0.367 e. The Morgan fingerprint density at radius 3 is 2.95 bits per heavy atom. The summed E-state index contributed by atoms with van der Waals surface area (Å²) < 4.78 is 5.73. The number of tetrazole rings is 1. The number of rotatable bonds is 4. The molecule has 1 aliphatic rings. The summed E-state index contributed by atoms with van der Waals surface area (Å²) in [6, 6.07) is 10.3. The Hall–Kier alpha value is -2.05. The van der Waals surface area contributed by atoms with Crippen LogP contribution >= 0.6 is 0 Å². The van der Waals surface area contributed by atoms with E-state index in [0.29, 0.717) is 12.4 Å². The van der Waals surface area contributed by atoms with Crippen LogP contribution in [0.5, 0.6) is 0 Å². The first-order chi connectivity index (χ1) is 10.3. The molecule has 0 N–H and O–H groups in total. The van der Waals surface area contributed by atoms with E-state index in [1.54, 1.807) is 7.05 Å². The summed E-state index contributed by atoms with van der Waals surface area (Å²) in [6.07, 6.45) is 4.24. The molecule has 0 bridgehead atoms. The van der Waals surface area contributed by atoms with E-state index in [0.717, 1.165) is 19.6 Å². The molecule has 0 saturated carbocycles. The van der Waals surface area contributed by atoms with Crippen LogP contribution in [0.1, 0.15) is 17.5 Å². The van der Waals surface area contributed by atoms with Gasteiger partial charge in [-0.15, -0.1) is 10.2 Å². The summed E-state index contributed by atoms with van der Waals surface area (Å²) in [5.74, 6) is 0.661. The molecule has 1 fully saturated rings. The van der Waals surface area contributed by atoms with E-state index in [1.165, 1.54) is 10.4 Å². The number of hydrogen-bond acceptors (Lipinski definition) is 5. The van der Waals surface area contributed by atoms with E-state index >= 15 is 0 Å². The molecular weight excluding hydrogens is 266 g/mol. The molecule has 2 heterocycles. The van der Waals surface area contributed by atoms with E-state index in [4.69, 9.17) is 4.74 Å². The number of ether oxygens (including phenoxy) is 1. The van der Waals surface area contributed by atoms with Gasteiger partial charge in [0.2, 0.25) is 5.82 Å². The quantitative estimate of drug-likeness (QED) is 0.847. The van der Waals surface area contributed by atoms with Crippen LogP contribution in [-0.4, -0.2) is 51.3 Å². The van der Waals surface area contributed by atoms with Crippen molar-refractivity contribution in [3.8, 4) is 0 Å². The molecule has 1 saturated heterocycles. The van der Waals surface area contributed by atoms with Gasteiger partial charge in [-0.05, 0) is 10.8 Å². The highest BCUT2D eigenvalue weighted by molar-refractivity contribution is 5.48. The lowest BCUT2D eigenvalue weighted by atomic mass is 10.2. The first kappa shape index (κ1) is 13.9. The maximum absolute atomic E-state index is 5.73. The second-order valence-electron chi connectivity index (χ2n) is 5.07. The lowest BCUT2D eigenvalue weighted by Crippen LogP contribution is -2.38. The average Bonchev–Trinajstić information content (AvgIpc) is 2.95. The number of aryl methyl sites for hydroxylation is 1. The zero-order valence-corrected chi connectivity index (χ0v) is 12.1. The normalized spacial score (nSPS) is 20.1. The van der Waals surface area contributed by atoms with Crippen LogP contribution in [0.2, 0.25) is 0 Å². The molecule has 0 radical (unpaired) electrons. The number of nitrogens with zero attached hydrogens (tertiary/aromatic N) is 5. The SMILES string of the molecule is Cn1nnc(C2CN(C/C=C/c3ccccc3)CCO2)n1. The fraction of sp³-hybridized carbons (Fsp3) is 0.400. The van der Waals surface area contributed by atoms with Gasteiger partial charge in [-0.25, -0.2) is 0 Å². The van der Waals surface area contributed by atoms with Gasteiger partial charge in [0.25, 0.3) is 0 Å². The Kier molecular flexibility index (Phi) is 4.37. The Balaban J connectivity index is 1.55. The van der Waals surface area contributed by atoms with Crippen molar-refractivity contribution in [1.82, 2.24) is 25.1 Å². The number of hydrogen-bond donors (Lipinski definition) is 0. The number of morpholine rings is 1. The summed E-state index contributed by atoms with van der Waals surface area (Å²) in [6.45, 7) is 3.32. The maximum atomic E-state index is 5.73. The molecule has 1 aromatic carbocycles. The van der Waals surface area contributed by atoms with Gasteiger partial charge in [0.1, 0.15) is 6.10 Å². The molecule has 2 aromatic rings. The van der Waals surface area contributed by atoms with E-state index in [1.807, 2.05) is 18.2 Å². The molecule has 110 valence electrons. The van der Waals surface area contributed by atoms with Crippen LogP contribution < -0.4 is 0 Å². The second kappa shape index (κ2) is 6.60. The van der Waals surface area contributed by atoms with Crippen molar-refractivity contribution in [1.29, 1.82) is 0 Å². The number of aromatic nitrogens is 4. The third-order valence-electron chi connectivity index (χ3n) is 3.44. The molecule has 1 atom stereocenters. The van der Waals surface area contributed by atoms with E-state index in [9.17, 15) is 0 Å². The molecule has 0 amide bonds. The second-order valence-corrected chi connectivity index (χ2v) is 5.07. The molecule has 6 nitrogen and oxygen atoms in total. The van der Waals surface area contributed by atoms with Crippen molar-refractivity contribution in [2.24, 2.45) is 7.05 Å². The van der Waals surface area contributed by atoms with Gasteiger partial charge in [-0.2, -0.15) is 4.80 Å². The summed E-state index contributed by atoms with van der Waals surface area (Å²) in [7, 11) is 1.76. The van der Waals surface area contributed by atoms with E-state index < -0.39 is 0 Å². The Bertz CT molecular complexity index is 595. The topological polar surface area (TPSA) is 56.1 Å². The predicted molar refractivity (Wildman–Crippen MR) is 79.4 cm³/mol. The molecule has 3 rings (SSSR count). The smallest absolute Gasteiger partial charge is 0.204 e. The van der Waals surface area contributed by atoms with Crippen molar-refractivity contribution >= 4 is 6.08 Å². The zero-order valence-electron chi connectivity index (χ0n) is 12.1. The van der Waals surface area contributed by atoms with Crippen LogP contribution in [0.25, 0.3) is 6.08 Å². The fourth-order valence-corrected chi connectivity index (χ4v) is 2.35. The van der Waals surface area contributed by atoms with Crippen LogP contribution in [0.15, 0.2) is 36.4 Å². The monoisotopic (exact) mass is 285 g/mol. The third kappa shape index (κ3) is 3.74. The highest BCUT2D eigenvalue weighted by atomic mass is 16.5. The van der Waals surface area contributed by atoms with Crippen LogP contribution in [0, 0.1) is 0 Å². The zero-order chi connectivity index (χ0) is 14.5. The highest BCUT2D eigenvalue weighted by Crippen LogP contribution is 2.18. The summed E-state index contributed by atoms with van der Waals surface area (Å²) in [5.41, 5.74) is 1.22. The van der Waals surface area contributed by atoms with Gasteiger partial charge in [0.15, 0.2) is 0 Å². The minimum absolute atomic E-state index is 0.0856. The van der Waals surface area contributed by atoms with Crippen molar-refractivity contribution in [2.75, 3.05) is 26.2 Å². The molecular formula is C15H19N5O. The molecule has 6 heteroatoms. The van der Waals surface area contributed by atoms with Gasteiger partial charge in [-0.3, -0.25) is 4.90 Å². The molecule has 1 aromatic heterocycles. The van der Waals surface area contributed by atoms with Gasteiger partial charge in [-0.1, -0.05) is 42.5 Å². The molecule has 1 unspecified atom stereocenters. The minimum atomic E-state index is -0.0856. The van der Waals surface area contributed by atoms with Crippen LogP contribution in [-0.2, 0) is 11.8 Å². The highest BCUT2D eigenvalue weighted by Gasteiger charge is 2.24. The summed E-state index contributed by atoms with van der Waals surface area (Å²) >= 11 is 0. The minimum Gasteiger partial charge on any atom is -0.367 e. The van der Waals surface area contributed by atoms with E-state index in [2.05, 4.69) is 44.6 Å². The Morgan fingerprint density at radius 1 is 1.33 bits per heavy atom. The lowest BCUT2D eigenvalue weighted by Gasteiger charge is -2.30. The molecule has 21 heavy (non-hydrogen) atoms. The Labute approximate surface area is 124 Å². The van der Waals surface area contributed by atoms with Crippen molar-refractivity contribution in [3.05, 3.63) is 47.8 Å². The van der Waals surface area contributed by atoms with Gasteiger partial charge < -0.3 is 4.74 Å². The average molecular weight is 285 g/mol. The standard InChI is InChI=1S/C15H19N5O/c1-19-17-15(16-18-19)14-12-20(10-11-21-14)9-5-8-13-6-3-2-4-7-13/h2-8,14H,9-12H2,1H3/b8-5+. The maximum Gasteiger partial charge on any atom is 0.204 e. The van der Waals surface area contributed by atoms with Crippen molar-refractivity contribution in [3.63, 3.8) is 0 Å².